The van der Waals surface area contributed by atoms with Crippen LogP contribution < -0.4 is 4.90 Å². The first-order valence-corrected chi connectivity index (χ1v) is 8.95. The van der Waals surface area contributed by atoms with Crippen LogP contribution in [0.2, 0.25) is 0 Å². The largest absolute Gasteiger partial charge is 0.508 e. The Bertz CT molecular complexity index is 1030. The van der Waals surface area contributed by atoms with Crippen LogP contribution >= 0.6 is 0 Å². The fourth-order valence-corrected chi connectivity index (χ4v) is 3.57. The third kappa shape index (κ3) is 3.09. The molecular weight excluding hydrogens is 342 g/mol. The number of aromatic nitrogens is 3. The molecule has 1 aromatic carbocycles. The van der Waals surface area contributed by atoms with E-state index in [1.165, 1.54) is 6.07 Å². The monoisotopic (exact) mass is 363 g/mol. The average Bonchev–Trinajstić information content (AvgIpc) is 3.04. The smallest absolute Gasteiger partial charge is 0.212 e. The number of ether oxygens (including phenoxy) is 1. The van der Waals surface area contributed by atoms with Gasteiger partial charge in [-0.15, -0.1) is 0 Å². The van der Waals surface area contributed by atoms with Crippen LogP contribution in [0.15, 0.2) is 30.5 Å². The zero-order valence-electron chi connectivity index (χ0n) is 15.4. The van der Waals surface area contributed by atoms with Gasteiger partial charge in [-0.05, 0) is 38.0 Å². The van der Waals surface area contributed by atoms with Crippen molar-refractivity contribution in [3.63, 3.8) is 0 Å². The summed E-state index contributed by atoms with van der Waals surface area (Å²) in [4.78, 5) is 10.4. The van der Waals surface area contributed by atoms with Gasteiger partial charge >= 0.3 is 0 Å². The van der Waals surface area contributed by atoms with Gasteiger partial charge in [0.25, 0.3) is 0 Å². The topological polar surface area (TPSA) is 67.8 Å². The second-order valence-electron chi connectivity index (χ2n) is 6.80. The molecule has 7 nitrogen and oxygen atoms in total. The van der Waals surface area contributed by atoms with Crippen LogP contribution in [0.1, 0.15) is 18.5 Å². The molecule has 3 aromatic rings. The maximum Gasteiger partial charge on any atom is 0.212 e. The summed E-state index contributed by atoms with van der Waals surface area (Å²) >= 11 is 0. The van der Waals surface area contributed by atoms with Crippen LogP contribution in [0.5, 0.6) is 5.75 Å². The van der Waals surface area contributed by atoms with Crippen molar-refractivity contribution in [2.24, 2.45) is 0 Å². The first-order valence-electron chi connectivity index (χ1n) is 8.95. The molecule has 0 spiro atoms. The fourth-order valence-electron chi connectivity index (χ4n) is 3.57. The number of benzene rings is 1. The predicted molar refractivity (Wildman–Crippen MR) is 104 cm³/mol. The Hall–Kier alpha value is -3.11. The van der Waals surface area contributed by atoms with E-state index in [4.69, 9.17) is 11.3 Å². The minimum atomic E-state index is 0.0996. The lowest BCUT2D eigenvalue weighted by Crippen LogP contribution is -2.37. The lowest BCUT2D eigenvalue weighted by Gasteiger charge is -2.32. The Labute approximate surface area is 157 Å². The summed E-state index contributed by atoms with van der Waals surface area (Å²) in [5, 5.41) is 15.4. The molecule has 0 saturated carbocycles. The molecule has 7 heteroatoms. The third-order valence-corrected chi connectivity index (χ3v) is 5.14. The van der Waals surface area contributed by atoms with Gasteiger partial charge in [-0.1, -0.05) is 6.07 Å². The predicted octanol–water partition coefficient (Wildman–Crippen LogP) is 3.60. The van der Waals surface area contributed by atoms with Gasteiger partial charge < -0.3 is 14.7 Å². The third-order valence-electron chi connectivity index (χ3n) is 5.14. The fraction of sp³-hybridized carbons (Fsp3) is 0.350. The van der Waals surface area contributed by atoms with E-state index in [0.29, 0.717) is 17.4 Å². The summed E-state index contributed by atoms with van der Waals surface area (Å²) in [6.45, 7) is 10.9. The van der Waals surface area contributed by atoms with E-state index < -0.39 is 0 Å². The summed E-state index contributed by atoms with van der Waals surface area (Å²) < 4.78 is 7.14. The molecular formula is C20H21N5O2. The number of phenols is 1. The molecule has 2 aromatic heterocycles. The number of rotatable bonds is 3. The van der Waals surface area contributed by atoms with Crippen LogP contribution in [0.25, 0.3) is 21.4 Å². The van der Waals surface area contributed by atoms with E-state index in [1.54, 1.807) is 23.0 Å². The summed E-state index contributed by atoms with van der Waals surface area (Å²) in [7, 11) is 2.07. The summed E-state index contributed by atoms with van der Waals surface area (Å²) in [6, 6.07) is 7.13. The van der Waals surface area contributed by atoms with Gasteiger partial charge in [-0.25, -0.2) is 14.5 Å². The van der Waals surface area contributed by atoms with Crippen molar-refractivity contribution in [2.75, 3.05) is 25.2 Å². The number of aryl methyl sites for hydroxylation is 1. The Morgan fingerprint density at radius 2 is 2.07 bits per heavy atom. The second kappa shape index (κ2) is 6.89. The Balaban J connectivity index is 1.78. The highest BCUT2D eigenvalue weighted by molar-refractivity contribution is 5.86. The molecule has 0 radical (unpaired) electrons. The molecule has 1 aliphatic rings. The molecule has 0 amide bonds. The van der Waals surface area contributed by atoms with Crippen LogP contribution in [0.4, 0.5) is 11.5 Å². The maximum absolute atomic E-state index is 9.86. The Morgan fingerprint density at radius 3 is 2.81 bits per heavy atom. The molecule has 27 heavy (non-hydrogen) atoms. The van der Waals surface area contributed by atoms with Gasteiger partial charge in [0.2, 0.25) is 5.69 Å². The summed E-state index contributed by atoms with van der Waals surface area (Å²) in [5.41, 5.74) is 2.65. The first-order chi connectivity index (χ1) is 13.1. The molecule has 0 unspecified atom stereocenters. The number of hydrogen-bond acceptors (Lipinski definition) is 5. The number of hydrogen-bond donors (Lipinski definition) is 1. The van der Waals surface area contributed by atoms with Crippen molar-refractivity contribution < 1.29 is 9.84 Å². The molecule has 1 N–H and O–H groups in total. The van der Waals surface area contributed by atoms with Crippen LogP contribution in [-0.4, -0.2) is 46.2 Å². The van der Waals surface area contributed by atoms with E-state index in [9.17, 15) is 5.11 Å². The molecule has 0 bridgehead atoms. The molecule has 0 aliphatic carbocycles. The van der Waals surface area contributed by atoms with Crippen molar-refractivity contribution in [1.29, 1.82) is 0 Å². The van der Waals surface area contributed by atoms with Crippen molar-refractivity contribution in [3.8, 4) is 11.4 Å². The molecule has 1 saturated heterocycles. The summed E-state index contributed by atoms with van der Waals surface area (Å²) in [6.07, 6.45) is 3.77. The van der Waals surface area contributed by atoms with Crippen LogP contribution in [0.3, 0.4) is 0 Å². The summed E-state index contributed by atoms with van der Waals surface area (Å²) in [5.74, 6) is 1.00. The highest BCUT2D eigenvalue weighted by Crippen LogP contribution is 2.32. The highest BCUT2D eigenvalue weighted by atomic mass is 16.5. The molecule has 0 atom stereocenters. The molecule has 4 rings (SSSR count). The quantitative estimate of drug-likeness (QED) is 0.720. The minimum absolute atomic E-state index is 0.0996. The van der Waals surface area contributed by atoms with Crippen molar-refractivity contribution >= 4 is 22.4 Å². The number of anilines is 1. The van der Waals surface area contributed by atoms with Crippen molar-refractivity contribution in [1.82, 2.24) is 14.8 Å². The van der Waals surface area contributed by atoms with Crippen LogP contribution in [-0.2, 0) is 4.74 Å². The van der Waals surface area contributed by atoms with Crippen molar-refractivity contribution in [2.45, 2.75) is 25.8 Å². The van der Waals surface area contributed by atoms with Crippen LogP contribution in [0, 0.1) is 13.5 Å². The zero-order chi connectivity index (χ0) is 19.0. The lowest BCUT2D eigenvalue weighted by atomic mass is 10.1. The lowest BCUT2D eigenvalue weighted by molar-refractivity contribution is 0.0853. The average molecular weight is 363 g/mol. The van der Waals surface area contributed by atoms with Gasteiger partial charge in [-0.3, -0.25) is 0 Å². The minimum Gasteiger partial charge on any atom is -0.508 e. The van der Waals surface area contributed by atoms with Crippen molar-refractivity contribution in [3.05, 3.63) is 47.6 Å². The molecule has 1 fully saturated rings. The standard InChI is InChI=1S/C20H21N5O2/c1-13-16-11-20(24(3)14-6-8-27-9-7-14)22-12-19(16)25(23-13)18-10-15(26)4-5-17(18)21-2/h4-5,10-12,14,26H,6-9H2,1,3H3. The zero-order valence-corrected chi connectivity index (χ0v) is 15.4. The number of nitrogens with zero attached hydrogens (tertiary/aromatic N) is 5. The molecule has 3 heterocycles. The molecule has 1 aliphatic heterocycles. The first kappa shape index (κ1) is 17.3. The van der Waals surface area contributed by atoms with Gasteiger partial charge in [-0.2, -0.15) is 5.10 Å². The van der Waals surface area contributed by atoms with E-state index in [2.05, 4.69) is 26.9 Å². The molecule has 138 valence electrons. The van der Waals surface area contributed by atoms with E-state index in [-0.39, 0.29) is 5.75 Å². The second-order valence-corrected chi connectivity index (χ2v) is 6.80. The normalized spacial score (nSPS) is 15.0. The van der Waals surface area contributed by atoms with E-state index in [0.717, 1.165) is 48.5 Å². The number of phenolic OH excluding ortho intramolecular Hbond substituents is 1. The SMILES string of the molecule is [C-]#[N+]c1ccc(O)cc1-n1nc(C)c2cc(N(C)C3CCOCC3)ncc21. The van der Waals surface area contributed by atoms with Gasteiger partial charge in [0.05, 0.1) is 29.7 Å². The maximum atomic E-state index is 9.86. The van der Waals surface area contributed by atoms with Gasteiger partial charge in [0.15, 0.2) is 0 Å². The number of aromatic hydroxyl groups is 1. The van der Waals surface area contributed by atoms with E-state index in [1.807, 2.05) is 13.0 Å². The van der Waals surface area contributed by atoms with Gasteiger partial charge in [0, 0.05) is 31.7 Å². The van der Waals surface area contributed by atoms with Gasteiger partial charge in [0.1, 0.15) is 11.6 Å². The Kier molecular flexibility index (Phi) is 4.42. The highest BCUT2D eigenvalue weighted by Gasteiger charge is 2.21. The number of pyridine rings is 1. The Morgan fingerprint density at radius 1 is 1.30 bits per heavy atom. The number of fused-ring (bicyclic) bond motifs is 1. The van der Waals surface area contributed by atoms with E-state index >= 15 is 0 Å².